The third-order valence-electron chi connectivity index (χ3n) is 4.46. The van der Waals surface area contributed by atoms with Crippen molar-refractivity contribution in [1.82, 2.24) is 4.90 Å². The minimum atomic E-state index is -0.746. The molecule has 3 atom stereocenters. The van der Waals surface area contributed by atoms with Crippen LogP contribution in [0.15, 0.2) is 30.3 Å². The molecule has 0 aromatic heterocycles. The van der Waals surface area contributed by atoms with Crippen LogP contribution in [0.2, 0.25) is 0 Å². The molecule has 0 unspecified atom stereocenters. The molecule has 1 aromatic carbocycles. The largest absolute Gasteiger partial charge is 0.481 e. The van der Waals surface area contributed by atoms with Gasteiger partial charge in [0.05, 0.1) is 5.92 Å². The third kappa shape index (κ3) is 3.01. The molecular weight excluding hydrogens is 270 g/mol. The molecule has 2 fully saturated rings. The molecule has 2 aliphatic rings. The summed E-state index contributed by atoms with van der Waals surface area (Å²) in [5, 5.41) is 9.14. The number of carbonyl (C=O) groups is 2. The van der Waals surface area contributed by atoms with E-state index in [9.17, 15) is 9.59 Å². The molecule has 5 heteroatoms. The zero-order valence-electron chi connectivity index (χ0n) is 11.8. The van der Waals surface area contributed by atoms with E-state index in [1.165, 1.54) is 0 Å². The quantitative estimate of drug-likeness (QED) is 0.928. The first-order valence-corrected chi connectivity index (χ1v) is 7.33. The summed E-state index contributed by atoms with van der Waals surface area (Å²) in [6, 6.07) is 9.58. The lowest BCUT2D eigenvalue weighted by Crippen LogP contribution is -2.37. The average molecular weight is 289 g/mol. The molecule has 0 spiro atoms. The SMILES string of the molecule is O=C(O)[C@@H]1C[C@@H]2C[C@H](C1)N(C(=O)OCc1ccccc1)C2. The molecule has 112 valence electrons. The van der Waals surface area contributed by atoms with Crippen molar-refractivity contribution in [2.24, 2.45) is 11.8 Å². The third-order valence-corrected chi connectivity index (χ3v) is 4.46. The number of nitrogens with zero attached hydrogens (tertiary/aromatic N) is 1. The topological polar surface area (TPSA) is 66.8 Å². The van der Waals surface area contributed by atoms with Crippen molar-refractivity contribution in [1.29, 1.82) is 0 Å². The molecule has 1 heterocycles. The monoisotopic (exact) mass is 289 g/mol. The maximum Gasteiger partial charge on any atom is 0.410 e. The van der Waals surface area contributed by atoms with E-state index in [1.54, 1.807) is 4.90 Å². The van der Waals surface area contributed by atoms with Crippen molar-refractivity contribution < 1.29 is 19.4 Å². The number of amides is 1. The fourth-order valence-corrected chi connectivity index (χ4v) is 3.46. The van der Waals surface area contributed by atoms with E-state index in [4.69, 9.17) is 9.84 Å². The second-order valence-electron chi connectivity index (χ2n) is 5.95. The highest BCUT2D eigenvalue weighted by molar-refractivity contribution is 5.72. The van der Waals surface area contributed by atoms with Crippen molar-refractivity contribution in [2.75, 3.05) is 6.54 Å². The van der Waals surface area contributed by atoms with Gasteiger partial charge in [-0.2, -0.15) is 0 Å². The number of fused-ring (bicyclic) bond motifs is 2. The maximum atomic E-state index is 12.2. The molecule has 1 N–H and O–H groups in total. The van der Waals surface area contributed by atoms with Gasteiger partial charge < -0.3 is 14.7 Å². The van der Waals surface area contributed by atoms with Gasteiger partial charge in [-0.3, -0.25) is 4.79 Å². The zero-order valence-corrected chi connectivity index (χ0v) is 11.8. The first-order valence-electron chi connectivity index (χ1n) is 7.33. The molecule has 1 aromatic rings. The highest BCUT2D eigenvalue weighted by Crippen LogP contribution is 2.39. The molecule has 5 nitrogen and oxygen atoms in total. The molecule has 2 bridgehead atoms. The van der Waals surface area contributed by atoms with Crippen LogP contribution in [0.1, 0.15) is 24.8 Å². The molecular formula is C16H19NO4. The lowest BCUT2D eigenvalue weighted by Gasteiger charge is -2.26. The average Bonchev–Trinajstić information content (AvgIpc) is 2.80. The maximum absolute atomic E-state index is 12.2. The van der Waals surface area contributed by atoms with Gasteiger partial charge in [0.1, 0.15) is 6.61 Å². The van der Waals surface area contributed by atoms with E-state index >= 15 is 0 Å². The van der Waals surface area contributed by atoms with E-state index < -0.39 is 5.97 Å². The summed E-state index contributed by atoms with van der Waals surface area (Å²) in [4.78, 5) is 25.0. The van der Waals surface area contributed by atoms with Crippen LogP contribution in [0.5, 0.6) is 0 Å². The Morgan fingerprint density at radius 3 is 2.67 bits per heavy atom. The zero-order chi connectivity index (χ0) is 14.8. The normalized spacial score (nSPS) is 27.4. The number of rotatable bonds is 3. The van der Waals surface area contributed by atoms with Gasteiger partial charge >= 0.3 is 12.1 Å². The summed E-state index contributed by atoms with van der Waals surface area (Å²) < 4.78 is 5.36. The minimum Gasteiger partial charge on any atom is -0.481 e. The van der Waals surface area contributed by atoms with Crippen LogP contribution < -0.4 is 0 Å². The number of aliphatic carboxylic acids is 1. The molecule has 3 rings (SSSR count). The van der Waals surface area contributed by atoms with Crippen molar-refractivity contribution in [3.63, 3.8) is 0 Å². The number of likely N-dealkylation sites (tertiary alicyclic amines) is 1. The van der Waals surface area contributed by atoms with Gasteiger partial charge in [0.15, 0.2) is 0 Å². The summed E-state index contributed by atoms with van der Waals surface area (Å²) in [6.07, 6.45) is 1.81. The van der Waals surface area contributed by atoms with Crippen LogP contribution in [-0.2, 0) is 16.1 Å². The van der Waals surface area contributed by atoms with E-state index in [2.05, 4.69) is 0 Å². The van der Waals surface area contributed by atoms with Crippen LogP contribution in [-0.4, -0.2) is 34.7 Å². The fourth-order valence-electron chi connectivity index (χ4n) is 3.46. The van der Waals surface area contributed by atoms with Gasteiger partial charge in [-0.05, 0) is 30.7 Å². The standard InChI is InChI=1S/C16H19NO4/c18-15(19)13-6-12-7-14(8-13)17(9-12)16(20)21-10-11-4-2-1-3-5-11/h1-5,12-14H,6-10H2,(H,18,19)/t12-,13-,14-/m1/s1. The van der Waals surface area contributed by atoms with Gasteiger partial charge in [0.25, 0.3) is 0 Å². The van der Waals surface area contributed by atoms with Crippen molar-refractivity contribution >= 4 is 12.1 Å². The van der Waals surface area contributed by atoms with Crippen LogP contribution in [0.3, 0.4) is 0 Å². The summed E-state index contributed by atoms with van der Waals surface area (Å²) in [5.41, 5.74) is 0.955. The predicted octanol–water partition coefficient (Wildman–Crippen LogP) is 2.51. The number of carbonyl (C=O) groups excluding carboxylic acids is 1. The van der Waals surface area contributed by atoms with Crippen LogP contribution in [0, 0.1) is 11.8 Å². The van der Waals surface area contributed by atoms with Crippen LogP contribution >= 0.6 is 0 Å². The molecule has 1 amide bonds. The first kappa shape index (κ1) is 13.9. The first-order chi connectivity index (χ1) is 10.1. The molecule has 1 aliphatic carbocycles. The van der Waals surface area contributed by atoms with Gasteiger partial charge in [-0.1, -0.05) is 30.3 Å². The lowest BCUT2D eigenvalue weighted by atomic mass is 9.82. The molecule has 1 saturated heterocycles. The Labute approximate surface area is 123 Å². The summed E-state index contributed by atoms with van der Waals surface area (Å²) in [7, 11) is 0. The van der Waals surface area contributed by atoms with E-state index in [1.807, 2.05) is 30.3 Å². The minimum absolute atomic E-state index is 0.0214. The van der Waals surface area contributed by atoms with Crippen molar-refractivity contribution in [3.8, 4) is 0 Å². The Morgan fingerprint density at radius 2 is 1.95 bits per heavy atom. The summed E-state index contributed by atoms with van der Waals surface area (Å²) in [5.74, 6) is -0.765. The number of hydrogen-bond acceptors (Lipinski definition) is 3. The number of ether oxygens (including phenoxy) is 1. The van der Waals surface area contributed by atoms with Crippen LogP contribution in [0.25, 0.3) is 0 Å². The van der Waals surface area contributed by atoms with Gasteiger partial charge in [0.2, 0.25) is 0 Å². The second kappa shape index (κ2) is 5.76. The van der Waals surface area contributed by atoms with E-state index in [0.717, 1.165) is 12.0 Å². The molecule has 0 radical (unpaired) electrons. The van der Waals surface area contributed by atoms with Crippen molar-refractivity contribution in [3.05, 3.63) is 35.9 Å². The number of benzene rings is 1. The molecule has 21 heavy (non-hydrogen) atoms. The Morgan fingerprint density at radius 1 is 1.19 bits per heavy atom. The van der Waals surface area contributed by atoms with Gasteiger partial charge in [-0.15, -0.1) is 0 Å². The Bertz CT molecular complexity index is 530. The van der Waals surface area contributed by atoms with Gasteiger partial charge in [0, 0.05) is 12.6 Å². The molecule has 1 saturated carbocycles. The highest BCUT2D eigenvalue weighted by Gasteiger charge is 2.44. The Balaban J connectivity index is 1.57. The number of carboxylic acids is 1. The molecule has 1 aliphatic heterocycles. The Kier molecular flexibility index (Phi) is 3.82. The Hall–Kier alpha value is -2.04. The van der Waals surface area contributed by atoms with E-state index in [0.29, 0.717) is 25.3 Å². The van der Waals surface area contributed by atoms with Crippen molar-refractivity contribution in [2.45, 2.75) is 31.9 Å². The number of carboxylic acid groups (broad SMARTS) is 1. The van der Waals surface area contributed by atoms with Gasteiger partial charge in [-0.25, -0.2) is 4.79 Å². The summed E-state index contributed by atoms with van der Waals surface area (Å²) >= 11 is 0. The lowest BCUT2D eigenvalue weighted by molar-refractivity contribution is -0.143. The van der Waals surface area contributed by atoms with E-state index in [-0.39, 0.29) is 24.7 Å². The van der Waals surface area contributed by atoms with Crippen LogP contribution in [0.4, 0.5) is 4.79 Å². The smallest absolute Gasteiger partial charge is 0.410 e. The summed E-state index contributed by atoms with van der Waals surface area (Å²) in [6.45, 7) is 0.887. The fraction of sp³-hybridized carbons (Fsp3) is 0.500. The predicted molar refractivity (Wildman–Crippen MR) is 75.6 cm³/mol. The highest BCUT2D eigenvalue weighted by atomic mass is 16.6. The second-order valence-corrected chi connectivity index (χ2v) is 5.95. The number of hydrogen-bond donors (Lipinski definition) is 1.